The number of nitrogens with zero attached hydrogens (tertiary/aromatic N) is 3. The lowest BCUT2D eigenvalue weighted by atomic mass is 9.33. The van der Waals surface area contributed by atoms with Gasteiger partial charge in [0.1, 0.15) is 25.1 Å². The first-order valence-corrected chi connectivity index (χ1v) is 32.1. The summed E-state index contributed by atoms with van der Waals surface area (Å²) >= 11 is 0. The summed E-state index contributed by atoms with van der Waals surface area (Å²) < 4.78 is 30.1. The van der Waals surface area contributed by atoms with E-state index in [1.165, 1.54) is 33.2 Å². The Labute approximate surface area is 485 Å². The molecule has 0 spiro atoms. The van der Waals surface area contributed by atoms with Gasteiger partial charge in [0.05, 0.1) is 5.69 Å². The van der Waals surface area contributed by atoms with Gasteiger partial charge in [-0.1, -0.05) is 198 Å². The van der Waals surface area contributed by atoms with Gasteiger partial charge >= 0.3 is 0 Å². The third-order valence-corrected chi connectivity index (χ3v) is 21.1. The minimum absolute atomic E-state index is 0.0122. The third-order valence-electron chi connectivity index (χ3n) is 17.7. The molecule has 11 aromatic rings. The van der Waals surface area contributed by atoms with Gasteiger partial charge in [0.2, 0.25) is 5.88 Å². The van der Waals surface area contributed by atoms with Crippen LogP contribution in [0.3, 0.4) is 0 Å². The number of fused-ring (bicyclic) bond motifs is 9. The summed E-state index contributed by atoms with van der Waals surface area (Å²) in [6.07, 6.45) is 0. The molecule has 0 N–H and O–H groups in total. The molecule has 9 aromatic carbocycles. The van der Waals surface area contributed by atoms with Gasteiger partial charge in [0.15, 0.2) is 5.58 Å². The Bertz CT molecular complexity index is 4260. The number of furan rings is 2. The van der Waals surface area contributed by atoms with Crippen LogP contribution < -0.4 is 41.5 Å². The van der Waals surface area contributed by atoms with Crippen molar-refractivity contribution in [3.05, 3.63) is 216 Å². The van der Waals surface area contributed by atoms with E-state index in [9.17, 15) is 0 Å². The molecule has 82 heavy (non-hydrogen) atoms. The summed E-state index contributed by atoms with van der Waals surface area (Å²) in [7, 11) is -2.72. The molecule has 0 unspecified atom stereocenters. The lowest BCUT2D eigenvalue weighted by Crippen LogP contribution is -2.62. The first kappa shape index (κ1) is 53.3. The van der Waals surface area contributed by atoms with Crippen molar-refractivity contribution in [1.29, 1.82) is 0 Å². The van der Waals surface area contributed by atoms with Crippen LogP contribution >= 0.6 is 0 Å². The van der Waals surface area contributed by atoms with Gasteiger partial charge in [0.25, 0.3) is 6.71 Å². The van der Waals surface area contributed by atoms with Crippen LogP contribution in [0.15, 0.2) is 197 Å². The normalized spacial score (nSPS) is 13.7. The van der Waals surface area contributed by atoms with Crippen LogP contribution in [0, 0.1) is 5.82 Å². The Kier molecular flexibility index (Phi) is 12.2. The molecular formula is C74H73BFN3O2Si. The SMILES string of the molecule is CC(C)(C)c1ccc(N(c2ccc(C(C)(C)C)cc2)c2ccc3c(c2)N(c2ccc(C(C)(C)C)cc2)c2cc([Si](C)(C)c4cccc(F)c4)cc4c2B3c2c(oc3ccc(C(C)(C)C)cc23)N4c2cccc3c2oc2ccccc23)cc1. The number of anilines is 9. The van der Waals surface area contributed by atoms with E-state index in [1.807, 2.05) is 12.1 Å². The van der Waals surface area contributed by atoms with Gasteiger partial charge in [-0.15, -0.1) is 0 Å². The van der Waals surface area contributed by atoms with Gasteiger partial charge in [0, 0.05) is 61.4 Å². The number of hydrogen-bond donors (Lipinski definition) is 0. The Morgan fingerprint density at radius 2 is 0.951 bits per heavy atom. The van der Waals surface area contributed by atoms with Crippen LogP contribution in [0.4, 0.5) is 55.8 Å². The second kappa shape index (κ2) is 18.7. The lowest BCUT2D eigenvalue weighted by Gasteiger charge is -2.44. The molecular weight excluding hydrogens is 1020 g/mol. The highest BCUT2D eigenvalue weighted by molar-refractivity contribution is 7.03. The van der Waals surface area contributed by atoms with E-state index >= 15 is 4.39 Å². The van der Waals surface area contributed by atoms with Gasteiger partial charge in [-0.3, -0.25) is 4.90 Å². The molecule has 0 saturated heterocycles. The molecule has 410 valence electrons. The van der Waals surface area contributed by atoms with E-state index in [0.717, 1.165) is 100 Å². The molecule has 13 rings (SSSR count). The van der Waals surface area contributed by atoms with E-state index < -0.39 is 8.07 Å². The Hall–Kier alpha value is -8.07. The average molecular weight is 1090 g/mol. The molecule has 2 aliphatic heterocycles. The Balaban J connectivity index is 1.16. The molecule has 0 fully saturated rings. The van der Waals surface area contributed by atoms with Crippen molar-refractivity contribution < 1.29 is 13.2 Å². The van der Waals surface area contributed by atoms with Crippen molar-refractivity contribution in [3.8, 4) is 0 Å². The highest BCUT2D eigenvalue weighted by atomic mass is 28.3. The summed E-state index contributed by atoms with van der Waals surface area (Å²) in [5, 5.41) is 5.36. The maximum atomic E-state index is 15.6. The molecule has 0 bridgehead atoms. The van der Waals surface area contributed by atoms with Crippen LogP contribution in [0.5, 0.6) is 0 Å². The van der Waals surface area contributed by atoms with Crippen molar-refractivity contribution in [1.82, 2.24) is 0 Å². The maximum Gasteiger partial charge on any atom is 0.257 e. The van der Waals surface area contributed by atoms with E-state index in [4.69, 9.17) is 8.83 Å². The van der Waals surface area contributed by atoms with Crippen molar-refractivity contribution in [3.63, 3.8) is 0 Å². The fourth-order valence-corrected chi connectivity index (χ4v) is 15.1. The zero-order valence-corrected chi connectivity index (χ0v) is 51.0. The van der Waals surface area contributed by atoms with Crippen LogP contribution in [0.25, 0.3) is 32.9 Å². The topological polar surface area (TPSA) is 36.0 Å². The Morgan fingerprint density at radius 3 is 1.56 bits per heavy atom. The standard InChI is InChI=1S/C74H73BFN3O2Si/c1-71(2,3)46-25-32-51(33-26-46)77(52-34-27-47(28-35-52)72(4,5)6)54-38-39-60-62(43-54)78(53-36-29-48(30-37-53)73(7,8)9)63-44-56(82(13,14)55-20-17-19-50(76)42-55)45-64-68(63)75(60)67-59-41-49(74(10,11)12)31-40-66(59)81-70(67)79(64)61-23-18-22-58-57-21-15-16-24-65(57)80-69(58)61/h15-45H,1-14H3. The first-order chi connectivity index (χ1) is 38.8. The highest BCUT2D eigenvalue weighted by Crippen LogP contribution is 2.50. The van der Waals surface area contributed by atoms with Crippen LogP contribution in [0.2, 0.25) is 13.1 Å². The van der Waals surface area contributed by atoms with Crippen LogP contribution in [-0.4, -0.2) is 14.8 Å². The van der Waals surface area contributed by atoms with Crippen molar-refractivity contribution in [2.75, 3.05) is 14.7 Å². The van der Waals surface area contributed by atoms with E-state index in [0.29, 0.717) is 0 Å². The summed E-state index contributed by atoms with van der Waals surface area (Å²) in [6.45, 7) is 31.8. The number of benzene rings is 9. The number of rotatable bonds is 7. The number of hydrogen-bond acceptors (Lipinski definition) is 5. The largest absolute Gasteiger partial charge is 0.454 e. The predicted octanol–water partition coefficient (Wildman–Crippen LogP) is 18.0. The molecule has 2 aromatic heterocycles. The molecule has 8 heteroatoms. The number of halogens is 1. The van der Waals surface area contributed by atoms with Crippen LogP contribution in [0.1, 0.15) is 105 Å². The molecule has 2 aliphatic rings. The van der Waals surface area contributed by atoms with Gasteiger partial charge in [-0.2, -0.15) is 0 Å². The maximum absolute atomic E-state index is 15.6. The van der Waals surface area contributed by atoms with Gasteiger partial charge in [-0.05, 0) is 152 Å². The van der Waals surface area contributed by atoms with E-state index in [2.05, 4.69) is 275 Å². The first-order valence-electron chi connectivity index (χ1n) is 29.1. The summed E-state index contributed by atoms with van der Waals surface area (Å²) in [4.78, 5) is 7.30. The minimum atomic E-state index is -2.72. The minimum Gasteiger partial charge on any atom is -0.454 e. The summed E-state index contributed by atoms with van der Waals surface area (Å²) in [6, 6.07) is 68.4. The molecule has 0 radical (unpaired) electrons. The highest BCUT2D eigenvalue weighted by Gasteiger charge is 2.48. The Morgan fingerprint density at radius 1 is 0.415 bits per heavy atom. The molecule has 0 amide bonds. The second-order valence-corrected chi connectivity index (χ2v) is 32.1. The summed E-state index contributed by atoms with van der Waals surface area (Å²) in [5.41, 5.74) is 19.0. The molecule has 0 aliphatic carbocycles. The molecule has 4 heterocycles. The van der Waals surface area contributed by atoms with E-state index in [-0.39, 0.29) is 34.2 Å². The molecule has 0 atom stereocenters. The monoisotopic (exact) mass is 1090 g/mol. The van der Waals surface area contributed by atoms with Crippen molar-refractivity contribution >= 4 is 126 Å². The zero-order valence-electron chi connectivity index (χ0n) is 50.0. The van der Waals surface area contributed by atoms with Crippen LogP contribution in [-0.2, 0) is 21.7 Å². The zero-order chi connectivity index (χ0) is 57.6. The van der Waals surface area contributed by atoms with Crippen molar-refractivity contribution in [2.24, 2.45) is 0 Å². The second-order valence-electron chi connectivity index (χ2n) is 27.7. The van der Waals surface area contributed by atoms with Gasteiger partial charge < -0.3 is 18.6 Å². The molecule has 0 saturated carbocycles. The predicted molar refractivity (Wildman–Crippen MR) is 350 cm³/mol. The third kappa shape index (κ3) is 8.79. The number of para-hydroxylation sites is 2. The fraction of sp³-hybridized carbons (Fsp3) is 0.243. The smallest absolute Gasteiger partial charge is 0.257 e. The fourth-order valence-electron chi connectivity index (χ4n) is 12.7. The summed E-state index contributed by atoms with van der Waals surface area (Å²) in [5.74, 6) is 0.530. The lowest BCUT2D eigenvalue weighted by molar-refractivity contribution is 0.589. The van der Waals surface area contributed by atoms with E-state index in [1.54, 1.807) is 12.1 Å². The van der Waals surface area contributed by atoms with Crippen molar-refractivity contribution in [2.45, 2.75) is 118 Å². The average Bonchev–Trinajstić information content (AvgIpc) is 1.71. The van der Waals surface area contributed by atoms with Gasteiger partial charge in [-0.25, -0.2) is 4.39 Å². The quantitative estimate of drug-likeness (QED) is 0.149. The molecule has 5 nitrogen and oxygen atoms in total.